The van der Waals surface area contributed by atoms with Crippen LogP contribution in [-0.2, 0) is 4.79 Å². The third-order valence-electron chi connectivity index (χ3n) is 3.16. The number of aryl methyl sites for hydroxylation is 1. The van der Waals surface area contributed by atoms with Crippen LogP contribution in [0.4, 0.5) is 11.4 Å². The molecule has 0 spiro atoms. The molecule has 2 rings (SSSR count). The third kappa shape index (κ3) is 4.36. The van der Waals surface area contributed by atoms with Crippen LogP contribution in [0.1, 0.15) is 5.56 Å². The van der Waals surface area contributed by atoms with E-state index >= 15 is 0 Å². The predicted octanol–water partition coefficient (Wildman–Crippen LogP) is 3.58. The van der Waals surface area contributed by atoms with E-state index in [1.807, 2.05) is 0 Å². The first-order chi connectivity index (χ1) is 11.4. The molecule has 2 aromatic rings. The molecule has 0 radical (unpaired) electrons. The summed E-state index contributed by atoms with van der Waals surface area (Å²) in [6.07, 6.45) is 0. The van der Waals surface area contributed by atoms with Crippen LogP contribution in [0.5, 0.6) is 11.5 Å². The van der Waals surface area contributed by atoms with E-state index in [2.05, 4.69) is 5.32 Å². The van der Waals surface area contributed by atoms with Gasteiger partial charge in [-0.15, -0.1) is 0 Å². The van der Waals surface area contributed by atoms with Crippen molar-refractivity contribution in [1.29, 1.82) is 0 Å². The third-order valence-corrected chi connectivity index (χ3v) is 3.40. The summed E-state index contributed by atoms with van der Waals surface area (Å²) in [5, 5.41) is 14.1. The molecule has 0 atom stereocenters. The Kier molecular flexibility index (Phi) is 5.59. The minimum Gasteiger partial charge on any atom is -0.490 e. The van der Waals surface area contributed by atoms with Crippen molar-refractivity contribution in [2.75, 3.05) is 19.0 Å². The number of nitrogens with one attached hydrogen (secondary N) is 1. The lowest BCUT2D eigenvalue weighted by Crippen LogP contribution is -2.20. The molecule has 126 valence electrons. The van der Waals surface area contributed by atoms with Gasteiger partial charge in [-0.25, -0.2) is 0 Å². The minimum absolute atomic E-state index is 0.0664. The number of hydrogen-bond acceptors (Lipinski definition) is 5. The van der Waals surface area contributed by atoms with Gasteiger partial charge < -0.3 is 14.8 Å². The average molecular weight is 351 g/mol. The SMILES string of the molecule is COc1cc(NC(=O)COc2cccc(Cl)c2)c(C)cc1[N+](=O)[O-]. The minimum atomic E-state index is -0.542. The summed E-state index contributed by atoms with van der Waals surface area (Å²) in [4.78, 5) is 22.4. The highest BCUT2D eigenvalue weighted by Crippen LogP contribution is 2.32. The Morgan fingerprint density at radius 2 is 2.08 bits per heavy atom. The Labute approximate surface area is 143 Å². The summed E-state index contributed by atoms with van der Waals surface area (Å²) in [5.74, 6) is 0.126. The van der Waals surface area contributed by atoms with Crippen molar-refractivity contribution in [3.8, 4) is 11.5 Å². The fraction of sp³-hybridized carbons (Fsp3) is 0.188. The summed E-state index contributed by atoms with van der Waals surface area (Å²) in [5.41, 5.74) is 0.791. The number of anilines is 1. The first kappa shape index (κ1) is 17.6. The van der Waals surface area contributed by atoms with Gasteiger partial charge in [0.05, 0.1) is 12.0 Å². The molecular formula is C16H15ClN2O5. The van der Waals surface area contributed by atoms with Gasteiger partial charge in [-0.1, -0.05) is 17.7 Å². The van der Waals surface area contributed by atoms with E-state index in [1.165, 1.54) is 19.2 Å². The van der Waals surface area contributed by atoms with Crippen molar-refractivity contribution < 1.29 is 19.2 Å². The molecule has 2 aromatic carbocycles. The molecule has 0 aliphatic rings. The molecule has 0 aliphatic carbocycles. The lowest BCUT2D eigenvalue weighted by atomic mass is 10.1. The molecule has 0 aliphatic heterocycles. The summed E-state index contributed by atoms with van der Waals surface area (Å²) >= 11 is 5.83. The van der Waals surface area contributed by atoms with Crippen molar-refractivity contribution in [2.45, 2.75) is 6.92 Å². The molecule has 0 heterocycles. The Balaban J connectivity index is 2.07. The number of methoxy groups -OCH3 is 1. The van der Waals surface area contributed by atoms with Gasteiger partial charge >= 0.3 is 5.69 Å². The number of amides is 1. The molecule has 1 N–H and O–H groups in total. The number of hydrogen-bond donors (Lipinski definition) is 1. The molecule has 0 bridgehead atoms. The van der Waals surface area contributed by atoms with Crippen molar-refractivity contribution in [2.24, 2.45) is 0 Å². The topological polar surface area (TPSA) is 90.7 Å². The summed E-state index contributed by atoms with van der Waals surface area (Å²) in [7, 11) is 1.32. The monoisotopic (exact) mass is 350 g/mol. The number of carbonyl (C=O) groups is 1. The molecular weight excluding hydrogens is 336 g/mol. The number of benzene rings is 2. The smallest absolute Gasteiger partial charge is 0.311 e. The number of rotatable bonds is 6. The zero-order chi connectivity index (χ0) is 17.7. The first-order valence-corrected chi connectivity index (χ1v) is 7.29. The number of halogens is 1. The summed E-state index contributed by atoms with van der Waals surface area (Å²) < 4.78 is 10.3. The maximum absolute atomic E-state index is 12.0. The van der Waals surface area contributed by atoms with Crippen LogP contribution in [0.3, 0.4) is 0 Å². The zero-order valence-corrected chi connectivity index (χ0v) is 13.8. The van der Waals surface area contributed by atoms with Gasteiger partial charge in [-0.05, 0) is 30.7 Å². The van der Waals surface area contributed by atoms with E-state index in [0.29, 0.717) is 22.0 Å². The highest BCUT2D eigenvalue weighted by molar-refractivity contribution is 6.30. The number of ether oxygens (including phenoxy) is 2. The second-order valence-electron chi connectivity index (χ2n) is 4.89. The van der Waals surface area contributed by atoms with E-state index in [1.54, 1.807) is 31.2 Å². The van der Waals surface area contributed by atoms with Crippen LogP contribution >= 0.6 is 11.6 Å². The number of nitrogens with zero attached hydrogens (tertiary/aromatic N) is 1. The van der Waals surface area contributed by atoms with E-state index in [4.69, 9.17) is 21.1 Å². The van der Waals surface area contributed by atoms with Crippen LogP contribution in [0.2, 0.25) is 5.02 Å². The standard InChI is InChI=1S/C16H15ClN2O5/c1-10-6-14(19(21)22)15(23-2)8-13(10)18-16(20)9-24-12-5-3-4-11(17)7-12/h3-8H,9H2,1-2H3,(H,18,20). The van der Waals surface area contributed by atoms with Gasteiger partial charge in [0.1, 0.15) is 5.75 Å². The fourth-order valence-electron chi connectivity index (χ4n) is 2.01. The lowest BCUT2D eigenvalue weighted by Gasteiger charge is -2.11. The first-order valence-electron chi connectivity index (χ1n) is 6.92. The molecule has 0 unspecified atom stereocenters. The van der Waals surface area contributed by atoms with Gasteiger partial charge in [0.2, 0.25) is 0 Å². The Morgan fingerprint density at radius 1 is 1.33 bits per heavy atom. The molecule has 1 amide bonds. The summed E-state index contributed by atoms with van der Waals surface area (Å²) in [6.45, 7) is 1.43. The highest BCUT2D eigenvalue weighted by Gasteiger charge is 2.18. The van der Waals surface area contributed by atoms with Crippen LogP contribution < -0.4 is 14.8 Å². The largest absolute Gasteiger partial charge is 0.490 e. The predicted molar refractivity (Wildman–Crippen MR) is 90.0 cm³/mol. The van der Waals surface area contributed by atoms with Crippen LogP contribution in [0, 0.1) is 17.0 Å². The molecule has 0 aromatic heterocycles. The van der Waals surface area contributed by atoms with Crippen molar-refractivity contribution in [3.63, 3.8) is 0 Å². The second-order valence-corrected chi connectivity index (χ2v) is 5.33. The molecule has 8 heteroatoms. The molecule has 7 nitrogen and oxygen atoms in total. The normalized spacial score (nSPS) is 10.1. The van der Waals surface area contributed by atoms with Gasteiger partial charge in [-0.3, -0.25) is 14.9 Å². The van der Waals surface area contributed by atoms with Gasteiger partial charge in [0, 0.05) is 22.8 Å². The number of nitro groups is 1. The highest BCUT2D eigenvalue weighted by atomic mass is 35.5. The zero-order valence-electron chi connectivity index (χ0n) is 13.0. The van der Waals surface area contributed by atoms with Gasteiger partial charge in [-0.2, -0.15) is 0 Å². The van der Waals surface area contributed by atoms with E-state index in [9.17, 15) is 14.9 Å². The molecule has 0 fully saturated rings. The fourth-order valence-corrected chi connectivity index (χ4v) is 2.19. The average Bonchev–Trinajstić information content (AvgIpc) is 2.54. The second kappa shape index (κ2) is 7.65. The Bertz CT molecular complexity index is 779. The molecule has 24 heavy (non-hydrogen) atoms. The van der Waals surface area contributed by atoms with Crippen molar-refractivity contribution in [1.82, 2.24) is 0 Å². The van der Waals surface area contributed by atoms with Gasteiger partial charge in [0.15, 0.2) is 12.4 Å². The van der Waals surface area contributed by atoms with Crippen LogP contribution in [0.15, 0.2) is 36.4 Å². The Morgan fingerprint density at radius 3 is 2.71 bits per heavy atom. The summed E-state index contributed by atoms with van der Waals surface area (Å²) in [6, 6.07) is 9.42. The van der Waals surface area contributed by atoms with E-state index in [-0.39, 0.29) is 18.0 Å². The molecule has 0 saturated heterocycles. The maximum atomic E-state index is 12.0. The van der Waals surface area contributed by atoms with Crippen molar-refractivity contribution >= 4 is 28.9 Å². The number of carbonyl (C=O) groups excluding carboxylic acids is 1. The molecule has 0 saturated carbocycles. The van der Waals surface area contributed by atoms with Crippen LogP contribution in [0.25, 0.3) is 0 Å². The Hall–Kier alpha value is -2.80. The quantitative estimate of drug-likeness (QED) is 0.635. The van der Waals surface area contributed by atoms with Crippen molar-refractivity contribution in [3.05, 3.63) is 57.1 Å². The maximum Gasteiger partial charge on any atom is 0.311 e. The van der Waals surface area contributed by atoms with E-state index in [0.717, 1.165) is 0 Å². The van der Waals surface area contributed by atoms with E-state index < -0.39 is 10.8 Å². The van der Waals surface area contributed by atoms with Gasteiger partial charge in [0.25, 0.3) is 5.91 Å². The lowest BCUT2D eigenvalue weighted by molar-refractivity contribution is -0.385. The van der Waals surface area contributed by atoms with Crippen LogP contribution in [-0.4, -0.2) is 24.5 Å². The number of nitro benzene ring substituents is 1.